The number of hydrogen-bond acceptors (Lipinski definition) is 5. The number of rotatable bonds is 7. The first-order chi connectivity index (χ1) is 11.5. The molecule has 0 saturated carbocycles. The van der Waals surface area contributed by atoms with Crippen LogP contribution in [-0.4, -0.2) is 67.3 Å². The highest BCUT2D eigenvalue weighted by Crippen LogP contribution is 2.33. The van der Waals surface area contributed by atoms with Gasteiger partial charge in [-0.15, -0.1) is 0 Å². The Morgan fingerprint density at radius 1 is 1.29 bits per heavy atom. The van der Waals surface area contributed by atoms with Gasteiger partial charge in [0.15, 0.2) is 11.5 Å². The average molecular weight is 336 g/mol. The van der Waals surface area contributed by atoms with Crippen molar-refractivity contribution in [3.05, 3.63) is 23.8 Å². The van der Waals surface area contributed by atoms with Crippen LogP contribution in [0.1, 0.15) is 31.9 Å². The molecular weight excluding hydrogens is 308 g/mol. The Bertz CT molecular complexity index is 564. The maximum absolute atomic E-state index is 12.0. The van der Waals surface area contributed by atoms with Crippen molar-refractivity contribution in [2.24, 2.45) is 0 Å². The Balaban J connectivity index is 2.25. The number of carboxylic acid groups (broad SMARTS) is 1. The molecular formula is C18H28N2O4. The zero-order chi connectivity index (χ0) is 17.7. The van der Waals surface area contributed by atoms with E-state index in [2.05, 4.69) is 23.6 Å². The fourth-order valence-electron chi connectivity index (χ4n) is 3.45. The van der Waals surface area contributed by atoms with E-state index in [4.69, 9.17) is 9.47 Å². The topological polar surface area (TPSA) is 62.2 Å². The molecule has 2 atom stereocenters. The Morgan fingerprint density at radius 3 is 2.54 bits per heavy atom. The van der Waals surface area contributed by atoms with Crippen LogP contribution in [-0.2, 0) is 4.79 Å². The van der Waals surface area contributed by atoms with Crippen molar-refractivity contribution >= 4 is 5.97 Å². The maximum Gasteiger partial charge on any atom is 0.325 e. The summed E-state index contributed by atoms with van der Waals surface area (Å²) in [7, 11) is 3.13. The summed E-state index contributed by atoms with van der Waals surface area (Å²) in [5.41, 5.74) is 0.718. The quantitative estimate of drug-likeness (QED) is 0.824. The summed E-state index contributed by atoms with van der Waals surface area (Å²) < 4.78 is 10.6. The average Bonchev–Trinajstić information content (AvgIpc) is 2.57. The highest BCUT2D eigenvalue weighted by molar-refractivity contribution is 5.76. The minimum absolute atomic E-state index is 0.180. The van der Waals surface area contributed by atoms with E-state index in [1.54, 1.807) is 26.4 Å². The van der Waals surface area contributed by atoms with Gasteiger partial charge in [-0.1, -0.05) is 13.0 Å². The number of benzene rings is 1. The fraction of sp³-hybridized carbons (Fsp3) is 0.611. The zero-order valence-corrected chi connectivity index (χ0v) is 15.0. The van der Waals surface area contributed by atoms with E-state index in [0.29, 0.717) is 11.5 Å². The van der Waals surface area contributed by atoms with Gasteiger partial charge in [0.2, 0.25) is 0 Å². The molecule has 2 unspecified atom stereocenters. The third-order valence-electron chi connectivity index (χ3n) is 4.59. The van der Waals surface area contributed by atoms with Crippen LogP contribution in [0.15, 0.2) is 18.2 Å². The molecule has 2 rings (SSSR count). The number of carboxylic acids is 1. The van der Waals surface area contributed by atoms with Crippen LogP contribution >= 0.6 is 0 Å². The van der Waals surface area contributed by atoms with Crippen LogP contribution in [0.25, 0.3) is 0 Å². The molecule has 1 saturated heterocycles. The standard InChI is InChI=1S/C18H28N2O4/c1-5-8-19-9-10-20(13(2)12-19)17(18(21)22)14-6-7-15(23-3)16(11-14)24-4/h6-7,11,13,17H,5,8-10,12H2,1-4H3,(H,21,22). The largest absolute Gasteiger partial charge is 0.493 e. The van der Waals surface area contributed by atoms with Crippen LogP contribution in [0.4, 0.5) is 0 Å². The lowest BCUT2D eigenvalue weighted by atomic mass is 10.0. The molecule has 6 heteroatoms. The molecule has 6 nitrogen and oxygen atoms in total. The second-order valence-electron chi connectivity index (χ2n) is 6.24. The van der Waals surface area contributed by atoms with Gasteiger partial charge < -0.3 is 19.5 Å². The number of ether oxygens (including phenoxy) is 2. The number of piperazine rings is 1. The molecule has 0 aromatic heterocycles. The number of nitrogens with zero attached hydrogens (tertiary/aromatic N) is 2. The Hall–Kier alpha value is -1.79. The van der Waals surface area contributed by atoms with Crippen molar-refractivity contribution in [1.82, 2.24) is 9.80 Å². The molecule has 1 heterocycles. The second-order valence-corrected chi connectivity index (χ2v) is 6.24. The van der Waals surface area contributed by atoms with Crippen molar-refractivity contribution in [3.63, 3.8) is 0 Å². The van der Waals surface area contributed by atoms with Crippen molar-refractivity contribution < 1.29 is 19.4 Å². The van der Waals surface area contributed by atoms with E-state index < -0.39 is 12.0 Å². The van der Waals surface area contributed by atoms with E-state index in [1.807, 2.05) is 6.07 Å². The Kier molecular flexibility index (Phi) is 6.45. The van der Waals surface area contributed by atoms with E-state index in [-0.39, 0.29) is 6.04 Å². The van der Waals surface area contributed by atoms with Crippen LogP contribution in [0.3, 0.4) is 0 Å². The summed E-state index contributed by atoms with van der Waals surface area (Å²) in [5.74, 6) is 0.322. The first kappa shape index (κ1) is 18.5. The Morgan fingerprint density at radius 2 is 2.00 bits per heavy atom. The predicted octanol–water partition coefficient (Wildman–Crippen LogP) is 2.25. The van der Waals surface area contributed by atoms with Gasteiger partial charge in [0, 0.05) is 25.7 Å². The lowest BCUT2D eigenvalue weighted by Crippen LogP contribution is -2.54. The monoisotopic (exact) mass is 336 g/mol. The summed E-state index contributed by atoms with van der Waals surface area (Å²) in [4.78, 5) is 16.4. The van der Waals surface area contributed by atoms with E-state index in [9.17, 15) is 9.90 Å². The number of methoxy groups -OCH3 is 2. The fourth-order valence-corrected chi connectivity index (χ4v) is 3.45. The molecule has 0 bridgehead atoms. The minimum atomic E-state index is -0.835. The molecule has 0 spiro atoms. The van der Waals surface area contributed by atoms with Gasteiger partial charge in [-0.3, -0.25) is 9.69 Å². The number of aliphatic carboxylic acids is 1. The lowest BCUT2D eigenvalue weighted by Gasteiger charge is -2.42. The van der Waals surface area contributed by atoms with Crippen molar-refractivity contribution in [2.75, 3.05) is 40.4 Å². The maximum atomic E-state index is 12.0. The Labute approximate surface area is 144 Å². The van der Waals surface area contributed by atoms with Gasteiger partial charge in [-0.25, -0.2) is 0 Å². The smallest absolute Gasteiger partial charge is 0.325 e. The highest BCUT2D eigenvalue weighted by atomic mass is 16.5. The van der Waals surface area contributed by atoms with E-state index in [0.717, 1.165) is 38.2 Å². The number of carbonyl (C=O) groups is 1. The van der Waals surface area contributed by atoms with E-state index >= 15 is 0 Å². The van der Waals surface area contributed by atoms with Crippen LogP contribution in [0.5, 0.6) is 11.5 Å². The lowest BCUT2D eigenvalue weighted by molar-refractivity contribution is -0.145. The third-order valence-corrected chi connectivity index (χ3v) is 4.59. The summed E-state index contributed by atoms with van der Waals surface area (Å²) in [6, 6.07) is 4.85. The van der Waals surface area contributed by atoms with E-state index in [1.165, 1.54) is 0 Å². The zero-order valence-electron chi connectivity index (χ0n) is 15.0. The summed E-state index contributed by atoms with van der Waals surface area (Å²) in [6.07, 6.45) is 1.12. The van der Waals surface area contributed by atoms with Crippen LogP contribution < -0.4 is 9.47 Å². The number of hydrogen-bond donors (Lipinski definition) is 1. The van der Waals surface area contributed by atoms with Gasteiger partial charge >= 0.3 is 5.97 Å². The van der Waals surface area contributed by atoms with Crippen LogP contribution in [0.2, 0.25) is 0 Å². The molecule has 1 fully saturated rings. The normalized spacial score (nSPS) is 20.6. The highest BCUT2D eigenvalue weighted by Gasteiger charge is 2.34. The van der Waals surface area contributed by atoms with Gasteiger partial charge in [0.25, 0.3) is 0 Å². The van der Waals surface area contributed by atoms with Crippen molar-refractivity contribution in [2.45, 2.75) is 32.4 Å². The van der Waals surface area contributed by atoms with Gasteiger partial charge in [0.1, 0.15) is 6.04 Å². The second kappa shape index (κ2) is 8.35. The molecule has 134 valence electrons. The summed E-state index contributed by atoms with van der Waals surface area (Å²) in [6.45, 7) is 7.86. The van der Waals surface area contributed by atoms with Crippen molar-refractivity contribution in [1.29, 1.82) is 0 Å². The molecule has 24 heavy (non-hydrogen) atoms. The first-order valence-corrected chi connectivity index (χ1v) is 8.44. The molecule has 1 aromatic rings. The molecule has 1 aliphatic heterocycles. The van der Waals surface area contributed by atoms with Crippen molar-refractivity contribution in [3.8, 4) is 11.5 Å². The third kappa shape index (κ3) is 3.99. The molecule has 1 N–H and O–H groups in total. The summed E-state index contributed by atoms with van der Waals surface area (Å²) in [5, 5.41) is 9.83. The minimum Gasteiger partial charge on any atom is -0.493 e. The summed E-state index contributed by atoms with van der Waals surface area (Å²) >= 11 is 0. The molecule has 0 aliphatic carbocycles. The van der Waals surface area contributed by atoms with Gasteiger partial charge in [0.05, 0.1) is 14.2 Å². The molecule has 0 radical (unpaired) electrons. The van der Waals surface area contributed by atoms with Gasteiger partial charge in [-0.05, 0) is 37.6 Å². The predicted molar refractivity (Wildman–Crippen MR) is 92.8 cm³/mol. The molecule has 1 aromatic carbocycles. The molecule has 0 amide bonds. The SMILES string of the molecule is CCCN1CCN(C(C(=O)O)c2ccc(OC)c(OC)c2)C(C)C1. The van der Waals surface area contributed by atoms with Gasteiger partial charge in [-0.2, -0.15) is 0 Å². The van der Waals surface area contributed by atoms with Crippen LogP contribution in [0, 0.1) is 0 Å². The first-order valence-electron chi connectivity index (χ1n) is 8.44. The molecule has 1 aliphatic rings.